The molecule has 0 bridgehead atoms. The van der Waals surface area contributed by atoms with Crippen LogP contribution in [-0.4, -0.2) is 59.7 Å². The van der Waals surface area contributed by atoms with Crippen molar-refractivity contribution in [1.29, 1.82) is 0 Å². The Morgan fingerprint density at radius 1 is 1.00 bits per heavy atom. The van der Waals surface area contributed by atoms with Crippen LogP contribution in [0, 0.1) is 11.8 Å². The van der Waals surface area contributed by atoms with Crippen LogP contribution in [0.15, 0.2) is 0 Å². The second-order valence-corrected chi connectivity index (χ2v) is 7.59. The normalized spacial score (nSPS) is 25.5. The van der Waals surface area contributed by atoms with E-state index >= 15 is 0 Å². The molecule has 134 valence electrons. The Bertz CT molecular complexity index is 498. The molecule has 0 aromatic heterocycles. The number of likely N-dealkylation sites (tertiary alicyclic amines) is 2. The molecule has 0 aromatic rings. The lowest BCUT2D eigenvalue weighted by Gasteiger charge is -2.31. The predicted molar refractivity (Wildman–Crippen MR) is 90.1 cm³/mol. The highest BCUT2D eigenvalue weighted by Gasteiger charge is 2.37. The monoisotopic (exact) mass is 335 g/mol. The summed E-state index contributed by atoms with van der Waals surface area (Å²) in [5.41, 5.74) is 0. The van der Waals surface area contributed by atoms with E-state index in [1.54, 1.807) is 4.90 Å². The van der Waals surface area contributed by atoms with Gasteiger partial charge in [0.2, 0.25) is 17.7 Å². The number of hydrogen-bond donors (Lipinski definition) is 1. The highest BCUT2D eigenvalue weighted by Crippen LogP contribution is 2.31. The van der Waals surface area contributed by atoms with Crippen molar-refractivity contribution < 1.29 is 14.4 Å². The fourth-order valence-electron chi connectivity index (χ4n) is 4.11. The minimum absolute atomic E-state index is 0.00572. The fraction of sp³-hybridized carbons (Fsp3) is 0.833. The first kappa shape index (κ1) is 17.2. The van der Waals surface area contributed by atoms with Gasteiger partial charge in [0.25, 0.3) is 0 Å². The Hall–Kier alpha value is -1.59. The van der Waals surface area contributed by atoms with Gasteiger partial charge >= 0.3 is 0 Å². The fourth-order valence-corrected chi connectivity index (χ4v) is 4.11. The minimum Gasteiger partial charge on any atom is -0.345 e. The average Bonchev–Trinajstić information content (AvgIpc) is 3.18. The predicted octanol–water partition coefficient (Wildman–Crippen LogP) is 1.15. The average molecular weight is 335 g/mol. The van der Waals surface area contributed by atoms with E-state index in [9.17, 15) is 14.4 Å². The second-order valence-electron chi connectivity index (χ2n) is 7.59. The van der Waals surface area contributed by atoms with Gasteiger partial charge in [0.05, 0.1) is 5.92 Å². The third kappa shape index (κ3) is 3.90. The van der Waals surface area contributed by atoms with Crippen LogP contribution in [0.3, 0.4) is 0 Å². The van der Waals surface area contributed by atoms with Crippen LogP contribution in [0.2, 0.25) is 0 Å². The molecule has 0 aromatic carbocycles. The molecule has 2 heterocycles. The molecule has 2 atom stereocenters. The van der Waals surface area contributed by atoms with Gasteiger partial charge in [-0.15, -0.1) is 0 Å². The van der Waals surface area contributed by atoms with E-state index in [0.29, 0.717) is 19.0 Å². The Morgan fingerprint density at radius 3 is 2.29 bits per heavy atom. The van der Waals surface area contributed by atoms with Crippen molar-refractivity contribution in [3.8, 4) is 0 Å². The van der Waals surface area contributed by atoms with E-state index in [0.717, 1.165) is 51.6 Å². The van der Waals surface area contributed by atoms with Crippen LogP contribution in [0.4, 0.5) is 0 Å². The van der Waals surface area contributed by atoms with Crippen molar-refractivity contribution in [1.82, 2.24) is 15.1 Å². The van der Waals surface area contributed by atoms with E-state index in [1.165, 1.54) is 13.3 Å². The molecule has 1 aliphatic carbocycles. The van der Waals surface area contributed by atoms with Crippen LogP contribution in [0.1, 0.15) is 51.9 Å². The standard InChI is InChI=1S/C18H29N3O3/c1-13(22)19-16(11-14-5-4-6-14)18(24)21-10-7-15(12-21)17(23)20-8-2-3-9-20/h14-16H,2-12H2,1H3,(H,19,22)/t15?,16-/m1/s1. The van der Waals surface area contributed by atoms with Gasteiger partial charge < -0.3 is 15.1 Å². The zero-order valence-corrected chi connectivity index (χ0v) is 14.6. The van der Waals surface area contributed by atoms with Crippen molar-refractivity contribution in [3.05, 3.63) is 0 Å². The maximum absolute atomic E-state index is 12.8. The largest absolute Gasteiger partial charge is 0.345 e. The van der Waals surface area contributed by atoms with Crippen LogP contribution in [-0.2, 0) is 14.4 Å². The molecule has 0 spiro atoms. The Morgan fingerprint density at radius 2 is 1.71 bits per heavy atom. The molecule has 3 aliphatic rings. The topological polar surface area (TPSA) is 69.7 Å². The maximum Gasteiger partial charge on any atom is 0.245 e. The number of amides is 3. The first-order valence-corrected chi connectivity index (χ1v) is 9.39. The minimum atomic E-state index is -0.423. The van der Waals surface area contributed by atoms with Gasteiger partial charge in [-0.05, 0) is 31.6 Å². The molecule has 2 saturated heterocycles. The molecule has 1 N–H and O–H groups in total. The summed E-state index contributed by atoms with van der Waals surface area (Å²) in [5.74, 6) is 0.535. The number of hydrogen-bond acceptors (Lipinski definition) is 3. The van der Waals surface area contributed by atoms with E-state index in [2.05, 4.69) is 5.32 Å². The Labute approximate surface area is 143 Å². The molecule has 1 saturated carbocycles. The number of nitrogens with zero attached hydrogens (tertiary/aromatic N) is 2. The molecular formula is C18H29N3O3. The highest BCUT2D eigenvalue weighted by molar-refractivity contribution is 5.88. The third-order valence-electron chi connectivity index (χ3n) is 5.74. The molecule has 3 rings (SSSR count). The van der Waals surface area contributed by atoms with E-state index in [-0.39, 0.29) is 23.6 Å². The molecule has 2 aliphatic heterocycles. The van der Waals surface area contributed by atoms with Crippen LogP contribution in [0.5, 0.6) is 0 Å². The highest BCUT2D eigenvalue weighted by atomic mass is 16.2. The van der Waals surface area contributed by atoms with Gasteiger partial charge in [-0.2, -0.15) is 0 Å². The van der Waals surface area contributed by atoms with Crippen LogP contribution in [0.25, 0.3) is 0 Å². The number of carbonyl (C=O) groups is 3. The summed E-state index contributed by atoms with van der Waals surface area (Å²) in [6.07, 6.45) is 7.19. The molecule has 24 heavy (non-hydrogen) atoms. The summed E-state index contributed by atoms with van der Waals surface area (Å²) in [4.78, 5) is 40.5. The van der Waals surface area contributed by atoms with Crippen molar-refractivity contribution in [2.75, 3.05) is 26.2 Å². The molecule has 6 nitrogen and oxygen atoms in total. The maximum atomic E-state index is 12.8. The lowest BCUT2D eigenvalue weighted by Crippen LogP contribution is -2.49. The summed E-state index contributed by atoms with van der Waals surface area (Å²) in [6, 6.07) is -0.423. The smallest absolute Gasteiger partial charge is 0.245 e. The van der Waals surface area contributed by atoms with Gasteiger partial charge in [-0.1, -0.05) is 19.3 Å². The zero-order valence-electron chi connectivity index (χ0n) is 14.6. The molecule has 3 fully saturated rings. The molecule has 1 unspecified atom stereocenters. The Balaban J connectivity index is 1.56. The zero-order chi connectivity index (χ0) is 17.1. The summed E-state index contributed by atoms with van der Waals surface area (Å²) in [5, 5.41) is 2.83. The molecule has 3 amide bonds. The van der Waals surface area contributed by atoms with Crippen molar-refractivity contribution in [3.63, 3.8) is 0 Å². The van der Waals surface area contributed by atoms with Gasteiger partial charge in [0.15, 0.2) is 0 Å². The van der Waals surface area contributed by atoms with E-state index in [1.807, 2.05) is 4.90 Å². The lowest BCUT2D eigenvalue weighted by molar-refractivity contribution is -0.137. The first-order chi connectivity index (χ1) is 11.5. The van der Waals surface area contributed by atoms with Crippen molar-refractivity contribution in [2.45, 2.75) is 57.9 Å². The summed E-state index contributed by atoms with van der Waals surface area (Å²) in [6.45, 7) is 4.32. The molecule has 6 heteroatoms. The first-order valence-electron chi connectivity index (χ1n) is 9.39. The third-order valence-corrected chi connectivity index (χ3v) is 5.74. The number of rotatable bonds is 5. The van der Waals surface area contributed by atoms with Gasteiger partial charge in [0, 0.05) is 33.1 Å². The lowest BCUT2D eigenvalue weighted by atomic mass is 9.80. The Kier molecular flexibility index (Phi) is 5.41. The summed E-state index contributed by atoms with van der Waals surface area (Å²) < 4.78 is 0. The summed E-state index contributed by atoms with van der Waals surface area (Å²) in [7, 11) is 0. The number of nitrogens with one attached hydrogen (secondary N) is 1. The van der Waals surface area contributed by atoms with Crippen LogP contribution >= 0.6 is 0 Å². The van der Waals surface area contributed by atoms with E-state index < -0.39 is 6.04 Å². The van der Waals surface area contributed by atoms with Gasteiger partial charge in [-0.25, -0.2) is 0 Å². The SMILES string of the molecule is CC(=O)N[C@H](CC1CCC1)C(=O)N1CCC(C(=O)N2CCCC2)C1. The number of carbonyl (C=O) groups excluding carboxylic acids is 3. The summed E-state index contributed by atoms with van der Waals surface area (Å²) >= 11 is 0. The van der Waals surface area contributed by atoms with Crippen molar-refractivity contribution in [2.24, 2.45) is 11.8 Å². The van der Waals surface area contributed by atoms with Gasteiger partial charge in [0.1, 0.15) is 6.04 Å². The van der Waals surface area contributed by atoms with Crippen molar-refractivity contribution >= 4 is 17.7 Å². The van der Waals surface area contributed by atoms with Gasteiger partial charge in [-0.3, -0.25) is 14.4 Å². The molecular weight excluding hydrogens is 306 g/mol. The molecule has 0 radical (unpaired) electrons. The second kappa shape index (κ2) is 7.53. The van der Waals surface area contributed by atoms with Crippen LogP contribution < -0.4 is 5.32 Å². The van der Waals surface area contributed by atoms with E-state index in [4.69, 9.17) is 0 Å². The quantitative estimate of drug-likeness (QED) is 0.819.